The van der Waals surface area contributed by atoms with E-state index in [0.29, 0.717) is 5.92 Å². The van der Waals surface area contributed by atoms with Crippen molar-refractivity contribution in [3.8, 4) is 11.4 Å². The van der Waals surface area contributed by atoms with Gasteiger partial charge in [-0.2, -0.15) is 0 Å². The molecular formula is C17H20IN3. The molecule has 4 heteroatoms. The molecule has 0 unspecified atom stereocenters. The summed E-state index contributed by atoms with van der Waals surface area (Å²) in [7, 11) is 0. The minimum Gasteiger partial charge on any atom is -0.369 e. The van der Waals surface area contributed by atoms with E-state index in [2.05, 4.69) is 66.9 Å². The highest BCUT2D eigenvalue weighted by atomic mass is 127. The Balaban J connectivity index is 2.10. The number of aromatic nitrogens is 2. The van der Waals surface area contributed by atoms with Crippen LogP contribution in [0.15, 0.2) is 18.2 Å². The summed E-state index contributed by atoms with van der Waals surface area (Å²) >= 11 is 2.38. The Bertz CT molecular complexity index is 678. The van der Waals surface area contributed by atoms with Crippen molar-refractivity contribution in [1.29, 1.82) is 0 Å². The van der Waals surface area contributed by atoms with Gasteiger partial charge in [-0.3, -0.25) is 0 Å². The largest absolute Gasteiger partial charge is 0.369 e. The lowest BCUT2D eigenvalue weighted by Gasteiger charge is -2.12. The summed E-state index contributed by atoms with van der Waals surface area (Å²) in [6.07, 6.45) is 2.51. The van der Waals surface area contributed by atoms with E-state index in [1.54, 1.807) is 0 Å². The third-order valence-corrected chi connectivity index (χ3v) is 5.01. The number of halogens is 1. The Hall–Kier alpha value is -1.17. The lowest BCUT2D eigenvalue weighted by atomic mass is 10.1. The molecule has 0 aliphatic heterocycles. The highest BCUT2D eigenvalue weighted by Gasteiger charge is 2.29. The van der Waals surface area contributed by atoms with Gasteiger partial charge in [-0.05, 0) is 73.4 Å². The number of hydrogen-bond acceptors (Lipinski definition) is 3. The van der Waals surface area contributed by atoms with Crippen molar-refractivity contribution in [1.82, 2.24) is 9.97 Å². The van der Waals surface area contributed by atoms with Crippen LogP contribution in [-0.4, -0.2) is 16.5 Å². The molecule has 0 radical (unpaired) electrons. The zero-order chi connectivity index (χ0) is 15.0. The molecule has 0 atom stereocenters. The maximum Gasteiger partial charge on any atom is 0.161 e. The minimum atomic E-state index is 0.627. The normalized spacial score (nSPS) is 14.3. The van der Waals surface area contributed by atoms with Gasteiger partial charge in [0.05, 0.1) is 9.26 Å². The van der Waals surface area contributed by atoms with E-state index in [1.165, 1.54) is 33.2 Å². The van der Waals surface area contributed by atoms with Crippen LogP contribution in [0, 0.1) is 17.4 Å². The molecule has 0 saturated heterocycles. The van der Waals surface area contributed by atoms with Crippen LogP contribution in [0.3, 0.4) is 0 Å². The minimum absolute atomic E-state index is 0.627. The van der Waals surface area contributed by atoms with Crippen molar-refractivity contribution < 1.29 is 0 Å². The average molecular weight is 393 g/mol. The highest BCUT2D eigenvalue weighted by Crippen LogP contribution is 2.43. The molecule has 21 heavy (non-hydrogen) atoms. The lowest BCUT2D eigenvalue weighted by molar-refractivity contribution is 0.972. The fraction of sp³-hybridized carbons (Fsp3) is 0.412. The fourth-order valence-corrected chi connectivity index (χ4v) is 3.26. The quantitative estimate of drug-likeness (QED) is 0.767. The van der Waals surface area contributed by atoms with E-state index in [-0.39, 0.29) is 0 Å². The molecule has 110 valence electrons. The van der Waals surface area contributed by atoms with Crippen LogP contribution in [0.25, 0.3) is 11.4 Å². The second-order valence-electron chi connectivity index (χ2n) is 5.70. The zero-order valence-corrected chi connectivity index (χ0v) is 14.9. The summed E-state index contributed by atoms with van der Waals surface area (Å²) in [6, 6.07) is 6.45. The van der Waals surface area contributed by atoms with E-state index in [1.807, 2.05) is 0 Å². The highest BCUT2D eigenvalue weighted by molar-refractivity contribution is 14.1. The molecule has 3 rings (SSSR count). The van der Waals surface area contributed by atoms with Crippen molar-refractivity contribution in [2.75, 3.05) is 11.9 Å². The Labute approximate surface area is 139 Å². The summed E-state index contributed by atoms with van der Waals surface area (Å²) < 4.78 is 1.18. The van der Waals surface area contributed by atoms with Crippen LogP contribution in [-0.2, 0) is 0 Å². The van der Waals surface area contributed by atoms with Gasteiger partial charge < -0.3 is 5.32 Å². The first-order valence-corrected chi connectivity index (χ1v) is 8.57. The number of aryl methyl sites for hydroxylation is 2. The van der Waals surface area contributed by atoms with E-state index in [9.17, 15) is 0 Å². The summed E-state index contributed by atoms with van der Waals surface area (Å²) in [6.45, 7) is 7.25. The number of nitrogens with zero attached hydrogens (tertiary/aromatic N) is 2. The van der Waals surface area contributed by atoms with Gasteiger partial charge in [0.15, 0.2) is 5.82 Å². The van der Waals surface area contributed by atoms with E-state index < -0.39 is 0 Å². The fourth-order valence-electron chi connectivity index (χ4n) is 2.39. The molecule has 2 aromatic rings. The van der Waals surface area contributed by atoms with Crippen LogP contribution in [0.4, 0.5) is 5.82 Å². The topological polar surface area (TPSA) is 37.8 Å². The van der Waals surface area contributed by atoms with Gasteiger partial charge in [-0.25, -0.2) is 9.97 Å². The lowest BCUT2D eigenvalue weighted by Crippen LogP contribution is -2.07. The molecule has 0 spiro atoms. The molecule has 1 fully saturated rings. The summed E-state index contributed by atoms with van der Waals surface area (Å²) in [5.74, 6) is 2.45. The molecule has 3 nitrogen and oxygen atoms in total. The van der Waals surface area contributed by atoms with Crippen LogP contribution in [0.2, 0.25) is 0 Å². The third-order valence-electron chi connectivity index (χ3n) is 3.95. The number of nitrogens with one attached hydrogen (secondary N) is 1. The van der Waals surface area contributed by atoms with Gasteiger partial charge in [0, 0.05) is 18.0 Å². The Morgan fingerprint density at radius 2 is 1.95 bits per heavy atom. The van der Waals surface area contributed by atoms with Crippen molar-refractivity contribution >= 4 is 28.4 Å². The van der Waals surface area contributed by atoms with Gasteiger partial charge >= 0.3 is 0 Å². The second kappa shape index (κ2) is 5.91. The smallest absolute Gasteiger partial charge is 0.161 e. The van der Waals surface area contributed by atoms with Gasteiger partial charge in [-0.1, -0.05) is 12.1 Å². The molecule has 1 N–H and O–H groups in total. The van der Waals surface area contributed by atoms with E-state index in [0.717, 1.165) is 23.8 Å². The average Bonchev–Trinajstić information content (AvgIpc) is 3.29. The van der Waals surface area contributed by atoms with Crippen molar-refractivity contribution in [3.05, 3.63) is 38.6 Å². The van der Waals surface area contributed by atoms with Crippen LogP contribution < -0.4 is 5.32 Å². The Morgan fingerprint density at radius 1 is 1.19 bits per heavy atom. The third kappa shape index (κ3) is 3.05. The molecule has 1 saturated carbocycles. The molecule has 1 aromatic heterocycles. The first kappa shape index (κ1) is 14.8. The summed E-state index contributed by atoms with van der Waals surface area (Å²) in [4.78, 5) is 9.60. The molecular weight excluding hydrogens is 373 g/mol. The van der Waals surface area contributed by atoms with Gasteiger partial charge in [0.25, 0.3) is 0 Å². The summed E-state index contributed by atoms with van der Waals surface area (Å²) in [5, 5.41) is 3.38. The predicted octanol–water partition coefficient (Wildman–Crippen LogP) is 4.67. The van der Waals surface area contributed by atoms with Gasteiger partial charge in [0.1, 0.15) is 5.82 Å². The second-order valence-corrected chi connectivity index (χ2v) is 6.78. The monoisotopic (exact) mass is 393 g/mol. The first-order valence-electron chi connectivity index (χ1n) is 7.49. The van der Waals surface area contributed by atoms with Crippen molar-refractivity contribution in [2.24, 2.45) is 0 Å². The molecule has 1 aromatic carbocycles. The molecule has 1 aliphatic carbocycles. The predicted molar refractivity (Wildman–Crippen MR) is 95.8 cm³/mol. The Kier molecular flexibility index (Phi) is 4.15. The maximum absolute atomic E-state index is 4.86. The SMILES string of the molecule is CCNc1nc(-c2ccc(C)c(C)c2)nc(C2CC2)c1I. The maximum atomic E-state index is 4.86. The number of hydrogen-bond donors (Lipinski definition) is 1. The van der Waals surface area contributed by atoms with Gasteiger partial charge in [-0.15, -0.1) is 0 Å². The van der Waals surface area contributed by atoms with Gasteiger partial charge in [0.2, 0.25) is 0 Å². The molecule has 1 heterocycles. The zero-order valence-electron chi connectivity index (χ0n) is 12.7. The Morgan fingerprint density at radius 3 is 2.57 bits per heavy atom. The van der Waals surface area contributed by atoms with Crippen LogP contribution >= 0.6 is 22.6 Å². The van der Waals surface area contributed by atoms with Crippen LogP contribution in [0.5, 0.6) is 0 Å². The van der Waals surface area contributed by atoms with E-state index in [4.69, 9.17) is 9.97 Å². The van der Waals surface area contributed by atoms with Crippen molar-refractivity contribution in [2.45, 2.75) is 39.5 Å². The summed E-state index contributed by atoms with van der Waals surface area (Å²) in [5.41, 5.74) is 4.91. The molecule has 0 bridgehead atoms. The first-order chi connectivity index (χ1) is 10.1. The molecule has 0 amide bonds. The number of rotatable bonds is 4. The number of anilines is 1. The molecule has 1 aliphatic rings. The van der Waals surface area contributed by atoms with E-state index >= 15 is 0 Å². The van der Waals surface area contributed by atoms with Crippen LogP contribution in [0.1, 0.15) is 42.5 Å². The van der Waals surface area contributed by atoms with Crippen molar-refractivity contribution in [3.63, 3.8) is 0 Å². The standard InChI is InChI=1S/C17H20IN3/c1-4-19-17-14(18)15(12-7-8-12)20-16(21-17)13-6-5-10(2)11(3)9-13/h5-6,9,12H,4,7-8H2,1-3H3,(H,19,20,21). The number of benzene rings is 1.